The second-order valence-electron chi connectivity index (χ2n) is 7.58. The van der Waals surface area contributed by atoms with E-state index in [1.165, 1.54) is 25.7 Å². The molecule has 2 fully saturated rings. The van der Waals surface area contributed by atoms with Crippen molar-refractivity contribution in [3.8, 4) is 6.07 Å². The highest BCUT2D eigenvalue weighted by atomic mass is 16.7. The van der Waals surface area contributed by atoms with Gasteiger partial charge in [0.25, 0.3) is 0 Å². The maximum absolute atomic E-state index is 12.6. The summed E-state index contributed by atoms with van der Waals surface area (Å²) >= 11 is 0. The zero-order chi connectivity index (χ0) is 18.1. The molecule has 25 heavy (non-hydrogen) atoms. The number of esters is 1. The van der Waals surface area contributed by atoms with Crippen LogP contribution >= 0.6 is 0 Å². The lowest BCUT2D eigenvalue weighted by Crippen LogP contribution is -2.48. The lowest BCUT2D eigenvalue weighted by Gasteiger charge is -2.35. The van der Waals surface area contributed by atoms with Crippen LogP contribution in [0.15, 0.2) is 0 Å². The topological polar surface area (TPSA) is 68.6 Å². The zero-order valence-electron chi connectivity index (χ0n) is 15.8. The van der Waals surface area contributed by atoms with Crippen molar-refractivity contribution in [2.45, 2.75) is 90.4 Å². The summed E-state index contributed by atoms with van der Waals surface area (Å²) in [5.74, 6) is 0.293. The fraction of sp³-hybridized carbons (Fsp3) is 0.900. The van der Waals surface area contributed by atoms with E-state index in [0.29, 0.717) is 0 Å². The van der Waals surface area contributed by atoms with E-state index >= 15 is 0 Å². The minimum Gasteiger partial charge on any atom is -0.461 e. The van der Waals surface area contributed by atoms with Crippen LogP contribution in [0.3, 0.4) is 0 Å². The van der Waals surface area contributed by atoms with E-state index in [2.05, 4.69) is 13.0 Å². The van der Waals surface area contributed by atoms with E-state index in [0.717, 1.165) is 44.4 Å². The molecule has 5 nitrogen and oxygen atoms in total. The molecule has 0 bridgehead atoms. The molecule has 1 aliphatic heterocycles. The van der Waals surface area contributed by atoms with Gasteiger partial charge in [-0.2, -0.15) is 5.26 Å². The Morgan fingerprint density at radius 2 is 1.76 bits per heavy atom. The Balaban J connectivity index is 1.77. The largest absolute Gasteiger partial charge is 0.461 e. The van der Waals surface area contributed by atoms with Crippen molar-refractivity contribution >= 4 is 5.97 Å². The predicted molar refractivity (Wildman–Crippen MR) is 94.6 cm³/mol. The number of nitrogens with zero attached hydrogens (tertiary/aromatic N) is 1. The Morgan fingerprint density at radius 1 is 1.08 bits per heavy atom. The van der Waals surface area contributed by atoms with Crippen LogP contribution in [0.1, 0.15) is 78.1 Å². The Kier molecular flexibility index (Phi) is 8.18. The Morgan fingerprint density at radius 3 is 2.32 bits per heavy atom. The third-order valence-electron chi connectivity index (χ3n) is 5.44. The lowest BCUT2D eigenvalue weighted by molar-refractivity contribution is -0.228. The average Bonchev–Trinajstić information content (AvgIpc) is 2.64. The van der Waals surface area contributed by atoms with Crippen LogP contribution in [-0.2, 0) is 19.0 Å². The summed E-state index contributed by atoms with van der Waals surface area (Å²) in [6, 6.07) is 2.09. The standard InChI is InChI=1S/C20H33NO4/c1-3-5-6-8-16-9-11-17(12-10-16)25-19(22)20(13-21)14-23-18(7-4-2)24-15-20/h16-18H,3-12,14-15H2,1-2H3/t16?,17?,18-,20+. The minimum atomic E-state index is -1.30. The summed E-state index contributed by atoms with van der Waals surface area (Å²) in [5, 5.41) is 9.51. The summed E-state index contributed by atoms with van der Waals surface area (Å²) in [7, 11) is 0. The molecular weight excluding hydrogens is 318 g/mol. The smallest absolute Gasteiger partial charge is 0.331 e. The molecule has 2 rings (SSSR count). The Hall–Kier alpha value is -1.12. The summed E-state index contributed by atoms with van der Waals surface area (Å²) in [6.45, 7) is 4.41. The van der Waals surface area contributed by atoms with E-state index in [1.807, 2.05) is 6.92 Å². The van der Waals surface area contributed by atoms with Gasteiger partial charge in [-0.1, -0.05) is 46.0 Å². The van der Waals surface area contributed by atoms with Gasteiger partial charge in [0.15, 0.2) is 6.29 Å². The van der Waals surface area contributed by atoms with Gasteiger partial charge in [0.1, 0.15) is 6.10 Å². The highest BCUT2D eigenvalue weighted by Crippen LogP contribution is 2.33. The fourth-order valence-electron chi connectivity index (χ4n) is 3.68. The second kappa shape index (κ2) is 10.1. The van der Waals surface area contributed by atoms with Gasteiger partial charge in [0.2, 0.25) is 5.41 Å². The molecule has 0 atom stereocenters. The number of rotatable bonds is 8. The van der Waals surface area contributed by atoms with Gasteiger partial charge in [-0.25, -0.2) is 0 Å². The quantitative estimate of drug-likeness (QED) is 0.480. The molecule has 1 aliphatic carbocycles. The Bertz CT molecular complexity index is 443. The van der Waals surface area contributed by atoms with Gasteiger partial charge >= 0.3 is 5.97 Å². The molecule has 0 aromatic carbocycles. The molecule has 0 aromatic heterocycles. The fourth-order valence-corrected chi connectivity index (χ4v) is 3.68. The van der Waals surface area contributed by atoms with E-state index in [9.17, 15) is 10.1 Å². The van der Waals surface area contributed by atoms with Gasteiger partial charge in [-0.3, -0.25) is 4.79 Å². The summed E-state index contributed by atoms with van der Waals surface area (Å²) in [6.07, 6.45) is 10.5. The first-order valence-corrected chi connectivity index (χ1v) is 9.99. The van der Waals surface area contributed by atoms with Crippen LogP contribution < -0.4 is 0 Å². The van der Waals surface area contributed by atoms with Crippen LogP contribution in [0, 0.1) is 22.7 Å². The highest BCUT2D eigenvalue weighted by molar-refractivity contribution is 5.80. The van der Waals surface area contributed by atoms with E-state index in [-0.39, 0.29) is 25.6 Å². The Labute approximate surface area is 152 Å². The van der Waals surface area contributed by atoms with Gasteiger partial charge < -0.3 is 14.2 Å². The van der Waals surface area contributed by atoms with Crippen molar-refractivity contribution in [2.24, 2.45) is 11.3 Å². The van der Waals surface area contributed by atoms with Gasteiger partial charge in [-0.15, -0.1) is 0 Å². The third kappa shape index (κ3) is 5.69. The number of carbonyl (C=O) groups excluding carboxylic acids is 1. The zero-order valence-corrected chi connectivity index (χ0v) is 15.8. The average molecular weight is 351 g/mol. The number of hydrogen-bond acceptors (Lipinski definition) is 5. The van der Waals surface area contributed by atoms with Crippen LogP contribution in [-0.4, -0.2) is 31.6 Å². The molecule has 1 heterocycles. The third-order valence-corrected chi connectivity index (χ3v) is 5.44. The summed E-state index contributed by atoms with van der Waals surface area (Å²) in [5.41, 5.74) is -1.30. The SMILES string of the molecule is CCCCCC1CCC(OC(=O)[C@]2(C#N)CO[C@H](CCC)OC2)CC1. The molecule has 0 spiro atoms. The number of nitriles is 1. The normalized spacial score (nSPS) is 32.8. The van der Waals surface area contributed by atoms with Crippen molar-refractivity contribution in [2.75, 3.05) is 13.2 Å². The van der Waals surface area contributed by atoms with Crippen molar-refractivity contribution in [1.29, 1.82) is 5.26 Å². The van der Waals surface area contributed by atoms with Gasteiger partial charge in [0, 0.05) is 0 Å². The molecule has 0 amide bonds. The number of carbonyl (C=O) groups is 1. The molecule has 0 unspecified atom stereocenters. The van der Waals surface area contributed by atoms with Crippen molar-refractivity contribution in [3.63, 3.8) is 0 Å². The first kappa shape index (κ1) is 20.2. The molecule has 5 heteroatoms. The number of unbranched alkanes of at least 4 members (excludes halogenated alkanes) is 2. The molecular formula is C20H33NO4. The molecule has 1 saturated carbocycles. The second-order valence-corrected chi connectivity index (χ2v) is 7.58. The monoisotopic (exact) mass is 351 g/mol. The van der Waals surface area contributed by atoms with E-state index < -0.39 is 11.4 Å². The summed E-state index contributed by atoms with van der Waals surface area (Å²) < 4.78 is 16.8. The molecule has 0 N–H and O–H groups in total. The highest BCUT2D eigenvalue weighted by Gasteiger charge is 2.46. The van der Waals surface area contributed by atoms with Crippen LogP contribution in [0.2, 0.25) is 0 Å². The maximum Gasteiger partial charge on any atom is 0.331 e. The van der Waals surface area contributed by atoms with Crippen LogP contribution in [0.25, 0.3) is 0 Å². The lowest BCUT2D eigenvalue weighted by atomic mass is 9.84. The van der Waals surface area contributed by atoms with E-state index in [4.69, 9.17) is 14.2 Å². The molecule has 1 saturated heterocycles. The van der Waals surface area contributed by atoms with E-state index in [1.54, 1.807) is 0 Å². The van der Waals surface area contributed by atoms with Gasteiger partial charge in [-0.05, 0) is 38.0 Å². The maximum atomic E-state index is 12.6. The van der Waals surface area contributed by atoms with Crippen molar-refractivity contribution < 1.29 is 19.0 Å². The van der Waals surface area contributed by atoms with Crippen molar-refractivity contribution in [1.82, 2.24) is 0 Å². The molecule has 0 aromatic rings. The van der Waals surface area contributed by atoms with Crippen LogP contribution in [0.4, 0.5) is 0 Å². The summed E-state index contributed by atoms with van der Waals surface area (Å²) in [4.78, 5) is 12.6. The molecule has 2 aliphatic rings. The predicted octanol–water partition coefficient (Wildman–Crippen LogP) is 4.35. The first-order chi connectivity index (χ1) is 12.1. The molecule has 0 radical (unpaired) electrons. The number of ether oxygens (including phenoxy) is 3. The molecule has 142 valence electrons. The minimum absolute atomic E-state index is 0.0616. The number of hydrogen-bond donors (Lipinski definition) is 0. The van der Waals surface area contributed by atoms with Gasteiger partial charge in [0.05, 0.1) is 19.3 Å². The first-order valence-electron chi connectivity index (χ1n) is 9.99. The van der Waals surface area contributed by atoms with Crippen molar-refractivity contribution in [3.05, 3.63) is 0 Å². The van der Waals surface area contributed by atoms with Crippen LogP contribution in [0.5, 0.6) is 0 Å².